The number of nitrogens with one attached hydrogen (secondary N) is 4. The number of carbonyl (C=O) groups is 5. The lowest BCUT2D eigenvalue weighted by Crippen LogP contribution is -2.63. The molecule has 4 N–H and O–H groups in total. The lowest BCUT2D eigenvalue weighted by molar-refractivity contribution is -0.145. The lowest BCUT2D eigenvalue weighted by atomic mass is 9.77. The fraction of sp³-hybridized carbons (Fsp3) is 0.605. The first-order valence-corrected chi connectivity index (χ1v) is 17.2. The molecule has 2 saturated carbocycles. The van der Waals surface area contributed by atoms with E-state index < -0.39 is 52.7 Å². The maximum absolute atomic E-state index is 14.4. The zero-order chi connectivity index (χ0) is 35.3. The molecule has 1 aromatic carbocycles. The summed E-state index contributed by atoms with van der Waals surface area (Å²) in [5.41, 5.74) is -0.140. The van der Waals surface area contributed by atoms with Crippen molar-refractivity contribution < 1.29 is 24.0 Å². The van der Waals surface area contributed by atoms with Crippen molar-refractivity contribution >= 4 is 29.5 Å². The summed E-state index contributed by atoms with van der Waals surface area (Å²) < 4.78 is 0. The standard InChI is InChI=1S/C38H53N5O5/c1-8-10-19-27(30(44)33(46)39-22-9-2)40-32(45)29-28-26(37(28,6)7)24-43(29)34(47)31(36(3,4)5)41-35(48)42-38(20-15-12-16-21-38)23-25-17-13-11-14-18-25/h1,9,11,13-14,17-18,26-29,31H,2,10,12,15-16,19-24H2,3-7H3,(H,39,46)(H,40,45)(H2,41,42,48)/t26-,27?,28-,29-,31+/m0/s1. The molecule has 1 heterocycles. The Bertz CT molecular complexity index is 1420. The van der Waals surface area contributed by atoms with Crippen LogP contribution in [0, 0.1) is 35.0 Å². The third kappa shape index (κ3) is 8.29. The largest absolute Gasteiger partial charge is 0.346 e. The minimum Gasteiger partial charge on any atom is -0.346 e. The molecule has 0 spiro atoms. The lowest BCUT2D eigenvalue weighted by Gasteiger charge is -2.41. The molecule has 1 aliphatic heterocycles. The van der Waals surface area contributed by atoms with E-state index in [1.54, 1.807) is 4.90 Å². The normalized spacial score (nSPS) is 23.3. The Hall–Kier alpha value is -4.13. The number of rotatable bonds is 13. The Morgan fingerprint density at radius 3 is 2.33 bits per heavy atom. The van der Waals surface area contributed by atoms with Gasteiger partial charge in [0.15, 0.2) is 0 Å². The number of Topliss-reactive ketones (excluding diaryl/α,β-unsaturated/α-hetero) is 1. The maximum atomic E-state index is 14.4. The summed E-state index contributed by atoms with van der Waals surface area (Å²) in [7, 11) is 0. The van der Waals surface area contributed by atoms with Gasteiger partial charge in [-0.15, -0.1) is 18.9 Å². The monoisotopic (exact) mass is 659 g/mol. The molecular formula is C38H53N5O5. The number of terminal acetylenes is 1. The van der Waals surface area contributed by atoms with Crippen molar-refractivity contribution in [3.63, 3.8) is 0 Å². The summed E-state index contributed by atoms with van der Waals surface area (Å²) in [6.07, 6.45) is 12.7. The third-order valence-electron chi connectivity index (χ3n) is 10.6. The zero-order valence-corrected chi connectivity index (χ0v) is 29.2. The zero-order valence-electron chi connectivity index (χ0n) is 29.2. The highest BCUT2D eigenvalue weighted by molar-refractivity contribution is 6.38. The van der Waals surface area contributed by atoms with Crippen LogP contribution in [0.4, 0.5) is 4.79 Å². The van der Waals surface area contributed by atoms with E-state index in [4.69, 9.17) is 6.42 Å². The molecule has 1 unspecified atom stereocenters. The summed E-state index contributed by atoms with van der Waals surface area (Å²) in [6, 6.07) is 6.78. The average Bonchev–Trinajstić information content (AvgIpc) is 3.34. The van der Waals surface area contributed by atoms with Gasteiger partial charge in [0.25, 0.3) is 5.91 Å². The van der Waals surface area contributed by atoms with Crippen LogP contribution in [0.5, 0.6) is 0 Å². The van der Waals surface area contributed by atoms with Crippen LogP contribution < -0.4 is 21.3 Å². The van der Waals surface area contributed by atoms with Crippen LogP contribution in [-0.2, 0) is 25.6 Å². The van der Waals surface area contributed by atoms with Gasteiger partial charge in [-0.05, 0) is 53.9 Å². The number of benzene rings is 1. The van der Waals surface area contributed by atoms with E-state index in [1.165, 1.54) is 6.08 Å². The Labute approximate surface area is 285 Å². The predicted molar refractivity (Wildman–Crippen MR) is 185 cm³/mol. The molecule has 4 rings (SSSR count). The van der Waals surface area contributed by atoms with Crippen molar-refractivity contribution in [2.45, 2.75) is 110 Å². The number of piperidine rings is 1. The van der Waals surface area contributed by atoms with E-state index in [1.807, 2.05) is 39.0 Å². The number of likely N-dealkylation sites (tertiary alicyclic amines) is 1. The Kier molecular flexibility index (Phi) is 11.4. The van der Waals surface area contributed by atoms with Crippen LogP contribution in [0.3, 0.4) is 0 Å². The van der Waals surface area contributed by atoms with E-state index >= 15 is 0 Å². The summed E-state index contributed by atoms with van der Waals surface area (Å²) in [5, 5.41) is 11.5. The molecule has 5 atom stereocenters. The summed E-state index contributed by atoms with van der Waals surface area (Å²) >= 11 is 0. The Balaban J connectivity index is 1.54. The van der Waals surface area contributed by atoms with Crippen molar-refractivity contribution in [2.75, 3.05) is 13.1 Å². The van der Waals surface area contributed by atoms with Crippen LogP contribution in [0.1, 0.15) is 85.1 Å². The molecule has 260 valence electrons. The number of nitrogens with zero attached hydrogens (tertiary/aromatic N) is 1. The van der Waals surface area contributed by atoms with Gasteiger partial charge in [0.05, 0.1) is 6.04 Å². The van der Waals surface area contributed by atoms with Gasteiger partial charge < -0.3 is 26.2 Å². The SMILES string of the molecule is C#CCCC(NC(=O)[C@@H]1[C@@H]2[C@H](CN1C(=O)[C@@H](NC(=O)NC1(Cc3ccccc3)CCCCC1)C(C)(C)C)C2(C)C)C(=O)C(=O)NCC=C. The second-order valence-electron chi connectivity index (χ2n) is 15.5. The van der Waals surface area contributed by atoms with E-state index in [9.17, 15) is 24.0 Å². The first-order valence-electron chi connectivity index (χ1n) is 17.2. The highest BCUT2D eigenvalue weighted by Gasteiger charge is 2.70. The Morgan fingerprint density at radius 2 is 1.73 bits per heavy atom. The van der Waals surface area contributed by atoms with Crippen LogP contribution >= 0.6 is 0 Å². The van der Waals surface area contributed by atoms with Gasteiger partial charge in [-0.2, -0.15) is 0 Å². The number of urea groups is 1. The molecule has 3 aliphatic rings. The van der Waals surface area contributed by atoms with E-state index in [-0.39, 0.29) is 42.5 Å². The minimum absolute atomic E-state index is 0.0812. The molecule has 0 aromatic heterocycles. The van der Waals surface area contributed by atoms with Crippen molar-refractivity contribution in [2.24, 2.45) is 22.7 Å². The smallest absolute Gasteiger partial charge is 0.315 e. The summed E-state index contributed by atoms with van der Waals surface area (Å²) in [5.74, 6) is -0.0845. The first kappa shape index (κ1) is 36.7. The van der Waals surface area contributed by atoms with Crippen LogP contribution in [-0.4, -0.2) is 71.2 Å². The van der Waals surface area contributed by atoms with E-state index in [0.29, 0.717) is 13.0 Å². The molecule has 0 bridgehead atoms. The Morgan fingerprint density at radius 1 is 1.06 bits per heavy atom. The fourth-order valence-electron chi connectivity index (χ4n) is 7.76. The minimum atomic E-state index is -1.14. The molecule has 1 aromatic rings. The van der Waals surface area contributed by atoms with Gasteiger partial charge in [0.1, 0.15) is 12.1 Å². The number of hydrogen-bond donors (Lipinski definition) is 4. The molecule has 10 nitrogen and oxygen atoms in total. The number of carbonyl (C=O) groups excluding carboxylic acids is 5. The van der Waals surface area contributed by atoms with E-state index in [0.717, 1.165) is 37.7 Å². The van der Waals surface area contributed by atoms with Gasteiger partial charge in [-0.1, -0.05) is 90.3 Å². The van der Waals surface area contributed by atoms with Crippen molar-refractivity contribution in [1.82, 2.24) is 26.2 Å². The second-order valence-corrected chi connectivity index (χ2v) is 15.5. The molecule has 3 fully saturated rings. The maximum Gasteiger partial charge on any atom is 0.315 e. The molecule has 0 radical (unpaired) electrons. The summed E-state index contributed by atoms with van der Waals surface area (Å²) in [4.78, 5) is 69.3. The quantitative estimate of drug-likeness (QED) is 0.145. The van der Waals surface area contributed by atoms with Gasteiger partial charge in [0.2, 0.25) is 17.6 Å². The number of ketones is 1. The van der Waals surface area contributed by atoms with E-state index in [2.05, 4.69) is 59.7 Å². The third-order valence-corrected chi connectivity index (χ3v) is 10.6. The van der Waals surface area contributed by atoms with Crippen LogP contribution in [0.25, 0.3) is 0 Å². The second kappa shape index (κ2) is 15.0. The highest BCUT2D eigenvalue weighted by Crippen LogP contribution is 2.65. The van der Waals surface area contributed by atoms with Crippen LogP contribution in [0.2, 0.25) is 0 Å². The molecule has 2 aliphatic carbocycles. The predicted octanol–water partition coefficient (Wildman–Crippen LogP) is 3.90. The van der Waals surface area contributed by atoms with Crippen molar-refractivity contribution in [3.05, 3.63) is 48.6 Å². The number of hydrogen-bond acceptors (Lipinski definition) is 5. The van der Waals surface area contributed by atoms with Gasteiger partial charge in [0, 0.05) is 25.0 Å². The first-order chi connectivity index (χ1) is 22.6. The molecule has 1 saturated heterocycles. The highest BCUT2D eigenvalue weighted by atomic mass is 16.2. The number of fused-ring (bicyclic) bond motifs is 1. The number of amides is 5. The van der Waals surface area contributed by atoms with Crippen LogP contribution in [0.15, 0.2) is 43.0 Å². The molecule has 48 heavy (non-hydrogen) atoms. The molecule has 10 heteroatoms. The summed E-state index contributed by atoms with van der Waals surface area (Å²) in [6.45, 7) is 13.8. The molecular weight excluding hydrogens is 606 g/mol. The van der Waals surface area contributed by atoms with Gasteiger partial charge in [-0.25, -0.2) is 4.79 Å². The molecule has 5 amide bonds. The van der Waals surface area contributed by atoms with Gasteiger partial charge in [-0.3, -0.25) is 19.2 Å². The fourth-order valence-corrected chi connectivity index (χ4v) is 7.76. The average molecular weight is 660 g/mol. The van der Waals surface area contributed by atoms with Crippen molar-refractivity contribution in [1.29, 1.82) is 0 Å². The van der Waals surface area contributed by atoms with Gasteiger partial charge >= 0.3 is 6.03 Å². The van der Waals surface area contributed by atoms with Crippen molar-refractivity contribution in [3.8, 4) is 12.3 Å². The topological polar surface area (TPSA) is 137 Å².